The van der Waals surface area contributed by atoms with Crippen LogP contribution in [0.3, 0.4) is 0 Å². The van der Waals surface area contributed by atoms with Gasteiger partial charge in [0, 0.05) is 17.3 Å². The number of likely N-dealkylation sites (N-methyl/N-ethyl adjacent to an activating group) is 1. The van der Waals surface area contributed by atoms with Gasteiger partial charge in [0.05, 0.1) is 0 Å². The van der Waals surface area contributed by atoms with Crippen LogP contribution >= 0.6 is 15.9 Å². The van der Waals surface area contributed by atoms with Gasteiger partial charge in [-0.15, -0.1) is 0 Å². The van der Waals surface area contributed by atoms with Gasteiger partial charge in [0.2, 0.25) is 0 Å². The summed E-state index contributed by atoms with van der Waals surface area (Å²) in [5, 5.41) is 0. The highest BCUT2D eigenvalue weighted by Gasteiger charge is 2.67. The first kappa shape index (κ1) is 13.3. The predicted molar refractivity (Wildman–Crippen MR) is 86.0 cm³/mol. The summed E-state index contributed by atoms with van der Waals surface area (Å²) in [5.74, 6) is 0.366. The quantitative estimate of drug-likeness (QED) is 0.539. The molecule has 4 rings (SSSR count). The van der Waals surface area contributed by atoms with Crippen molar-refractivity contribution in [2.24, 2.45) is 16.1 Å². The summed E-state index contributed by atoms with van der Waals surface area (Å²) in [5.41, 5.74) is 7.40. The van der Waals surface area contributed by atoms with Gasteiger partial charge in [0.25, 0.3) is 5.91 Å². The molecule has 2 spiro atoms. The van der Waals surface area contributed by atoms with Gasteiger partial charge in [-0.25, -0.2) is 4.99 Å². The second-order valence-corrected chi connectivity index (χ2v) is 7.62. The van der Waals surface area contributed by atoms with Gasteiger partial charge in [-0.2, -0.15) is 0 Å². The van der Waals surface area contributed by atoms with Gasteiger partial charge in [-0.05, 0) is 36.8 Å². The Balaban J connectivity index is 1.97. The molecule has 0 aromatic heterocycles. The first-order chi connectivity index (χ1) is 10.0. The summed E-state index contributed by atoms with van der Waals surface area (Å²) in [6.45, 7) is 0. The van der Waals surface area contributed by atoms with Gasteiger partial charge in [-0.1, -0.05) is 40.2 Å². The van der Waals surface area contributed by atoms with Crippen LogP contribution in [0.2, 0.25) is 0 Å². The lowest BCUT2D eigenvalue weighted by molar-refractivity contribution is -0.132. The van der Waals surface area contributed by atoms with E-state index in [0.29, 0.717) is 5.96 Å². The number of carbonyl (C=O) groups is 1. The van der Waals surface area contributed by atoms with E-state index in [0.717, 1.165) is 31.3 Å². The molecular weight excluding hydrogens is 330 g/mol. The highest BCUT2D eigenvalue weighted by Crippen LogP contribution is 2.63. The van der Waals surface area contributed by atoms with E-state index in [2.05, 4.69) is 40.2 Å². The molecule has 1 saturated carbocycles. The molecule has 21 heavy (non-hydrogen) atoms. The Morgan fingerprint density at radius 2 is 2.14 bits per heavy atom. The molecule has 2 unspecified atom stereocenters. The van der Waals surface area contributed by atoms with Gasteiger partial charge in [0.15, 0.2) is 11.5 Å². The Morgan fingerprint density at radius 3 is 2.76 bits per heavy atom. The average Bonchev–Trinajstić information content (AvgIpc) is 3.09. The fourth-order valence-electron chi connectivity index (χ4n) is 4.32. The van der Waals surface area contributed by atoms with E-state index in [1.54, 1.807) is 7.05 Å². The molecule has 0 radical (unpaired) electrons. The molecule has 0 aromatic rings. The minimum absolute atomic E-state index is 0.0277. The maximum atomic E-state index is 13.1. The number of allylic oxidation sites excluding steroid dienone is 4. The Morgan fingerprint density at radius 1 is 1.43 bits per heavy atom. The van der Waals surface area contributed by atoms with Gasteiger partial charge < -0.3 is 5.73 Å². The monoisotopic (exact) mass is 347 g/mol. The standard InChI is InChI=1S/C16H18BrN3O/c1-20-13(21)16(19-14(20)18)12-8-11(17)5-4-10(12)9-15(16)6-2-3-7-15/h2-4,8,11H,5-7,9H2,1H3,(H2,18,19). The lowest BCUT2D eigenvalue weighted by Gasteiger charge is -2.37. The van der Waals surface area contributed by atoms with Crippen LogP contribution in [0.25, 0.3) is 0 Å². The number of guanidine groups is 1. The Labute approximate surface area is 132 Å². The number of amides is 1. The van der Waals surface area contributed by atoms with Gasteiger partial charge >= 0.3 is 0 Å². The summed E-state index contributed by atoms with van der Waals surface area (Å²) >= 11 is 3.66. The second-order valence-electron chi connectivity index (χ2n) is 6.44. The van der Waals surface area contributed by atoms with Crippen LogP contribution in [0, 0.1) is 5.41 Å². The van der Waals surface area contributed by atoms with Crippen molar-refractivity contribution >= 4 is 27.8 Å². The predicted octanol–water partition coefficient (Wildman–Crippen LogP) is 2.27. The molecule has 0 saturated heterocycles. The number of rotatable bonds is 0. The number of carbonyl (C=O) groups excluding carboxylic acids is 1. The van der Waals surface area contributed by atoms with Crippen molar-refractivity contribution in [2.45, 2.75) is 36.0 Å². The van der Waals surface area contributed by atoms with Crippen LogP contribution in [0.5, 0.6) is 0 Å². The van der Waals surface area contributed by atoms with Crippen molar-refractivity contribution in [3.63, 3.8) is 0 Å². The van der Waals surface area contributed by atoms with Crippen LogP contribution in [-0.2, 0) is 4.79 Å². The molecule has 1 aliphatic heterocycles. The maximum Gasteiger partial charge on any atom is 0.262 e. The lowest BCUT2D eigenvalue weighted by atomic mass is 9.68. The van der Waals surface area contributed by atoms with E-state index in [1.165, 1.54) is 10.5 Å². The number of hydrogen-bond acceptors (Lipinski definition) is 3. The zero-order valence-corrected chi connectivity index (χ0v) is 13.6. The van der Waals surface area contributed by atoms with E-state index in [4.69, 9.17) is 10.7 Å². The minimum atomic E-state index is -0.812. The molecule has 1 fully saturated rings. The molecule has 4 aliphatic rings. The lowest BCUT2D eigenvalue weighted by Crippen LogP contribution is -2.50. The average molecular weight is 348 g/mol. The third-order valence-corrected chi connectivity index (χ3v) is 6.03. The molecule has 0 bridgehead atoms. The Kier molecular flexibility index (Phi) is 2.60. The van der Waals surface area contributed by atoms with Crippen molar-refractivity contribution in [1.82, 2.24) is 4.90 Å². The summed E-state index contributed by atoms with van der Waals surface area (Å²) in [7, 11) is 1.72. The van der Waals surface area contributed by atoms with Crippen molar-refractivity contribution < 1.29 is 4.79 Å². The number of aliphatic imine (C=N–C) groups is 1. The van der Waals surface area contributed by atoms with E-state index < -0.39 is 5.54 Å². The Bertz CT molecular complexity index is 652. The van der Waals surface area contributed by atoms with E-state index in [9.17, 15) is 4.79 Å². The zero-order chi connectivity index (χ0) is 14.8. The molecule has 1 amide bonds. The first-order valence-electron chi connectivity index (χ1n) is 7.34. The highest BCUT2D eigenvalue weighted by molar-refractivity contribution is 9.09. The Hall–Kier alpha value is -1.36. The molecule has 4 nitrogen and oxygen atoms in total. The third-order valence-electron chi connectivity index (χ3n) is 5.39. The topological polar surface area (TPSA) is 58.7 Å². The van der Waals surface area contributed by atoms with Crippen LogP contribution < -0.4 is 5.73 Å². The first-order valence-corrected chi connectivity index (χ1v) is 8.26. The SMILES string of the molecule is CN1C(=O)C2(N=C1N)C1=CC(Br)CC=C1CC21CC=CC1. The van der Waals surface area contributed by atoms with Crippen LogP contribution in [0.15, 0.2) is 40.4 Å². The van der Waals surface area contributed by atoms with Crippen LogP contribution in [-0.4, -0.2) is 34.2 Å². The fourth-order valence-corrected chi connectivity index (χ4v) is 4.77. The van der Waals surface area contributed by atoms with Crippen LogP contribution in [0.1, 0.15) is 25.7 Å². The molecule has 1 heterocycles. The van der Waals surface area contributed by atoms with Crippen LogP contribution in [0.4, 0.5) is 0 Å². The normalized spacial score (nSPS) is 36.3. The molecular formula is C16H18BrN3O. The number of nitrogens with two attached hydrogens (primary N) is 1. The summed E-state index contributed by atoms with van der Waals surface area (Å²) in [6, 6.07) is 0. The molecule has 5 heteroatoms. The van der Waals surface area contributed by atoms with E-state index in [-0.39, 0.29) is 16.1 Å². The van der Waals surface area contributed by atoms with E-state index in [1.807, 2.05) is 0 Å². The maximum absolute atomic E-state index is 13.1. The zero-order valence-electron chi connectivity index (χ0n) is 12.0. The minimum Gasteiger partial charge on any atom is -0.369 e. The molecule has 110 valence electrons. The van der Waals surface area contributed by atoms with Gasteiger partial charge in [0.1, 0.15) is 0 Å². The van der Waals surface area contributed by atoms with Crippen molar-refractivity contribution in [2.75, 3.05) is 7.05 Å². The number of alkyl halides is 1. The number of hydrogen-bond donors (Lipinski definition) is 1. The fraction of sp³-hybridized carbons (Fsp3) is 0.500. The molecule has 0 aromatic carbocycles. The van der Waals surface area contributed by atoms with Crippen molar-refractivity contribution in [3.05, 3.63) is 35.5 Å². The van der Waals surface area contributed by atoms with Crippen molar-refractivity contribution in [3.8, 4) is 0 Å². The van der Waals surface area contributed by atoms with Gasteiger partial charge in [-0.3, -0.25) is 9.69 Å². The molecule has 2 atom stereocenters. The summed E-state index contributed by atoms with van der Waals surface area (Å²) in [6.07, 6.45) is 12.5. The molecule has 3 aliphatic carbocycles. The number of halogens is 1. The van der Waals surface area contributed by atoms with E-state index >= 15 is 0 Å². The summed E-state index contributed by atoms with van der Waals surface area (Å²) in [4.78, 5) is 19.6. The summed E-state index contributed by atoms with van der Waals surface area (Å²) < 4.78 is 0. The largest absolute Gasteiger partial charge is 0.369 e. The highest BCUT2D eigenvalue weighted by atomic mass is 79.9. The third kappa shape index (κ3) is 1.45. The van der Waals surface area contributed by atoms with Crippen molar-refractivity contribution in [1.29, 1.82) is 0 Å². The second kappa shape index (κ2) is 4.09. The molecule has 2 N–H and O–H groups in total. The smallest absolute Gasteiger partial charge is 0.262 e. The number of nitrogens with zero attached hydrogens (tertiary/aromatic N) is 2. The number of fused-ring (bicyclic) bond motifs is 3.